The van der Waals surface area contributed by atoms with Crippen LogP contribution >= 0.6 is 11.7 Å². The van der Waals surface area contributed by atoms with Gasteiger partial charge in [0, 0.05) is 12.4 Å². The van der Waals surface area contributed by atoms with Crippen LogP contribution in [0.1, 0.15) is 11.3 Å². The Kier molecular flexibility index (Phi) is 3.34. The Morgan fingerprint density at radius 2 is 2.09 bits per heavy atom. The van der Waals surface area contributed by atoms with Crippen LogP contribution in [0.5, 0.6) is 0 Å². The molecule has 0 saturated carbocycles. The standard InChI is InChI=1S/C16H12FN5S/c1-10-14(21-23-20-10)16-19-13-6-2-5-12(17)15(13)22(16)9-11-4-3-7-18-8-11/h2-8H,9H2,1H3. The molecule has 0 spiro atoms. The first-order valence-electron chi connectivity index (χ1n) is 7.07. The number of rotatable bonds is 3. The first-order chi connectivity index (χ1) is 11.2. The van der Waals surface area contributed by atoms with Crippen LogP contribution in [0.3, 0.4) is 0 Å². The molecule has 1 aromatic carbocycles. The first-order valence-corrected chi connectivity index (χ1v) is 7.80. The van der Waals surface area contributed by atoms with E-state index in [4.69, 9.17) is 0 Å². The zero-order valence-electron chi connectivity index (χ0n) is 12.3. The zero-order chi connectivity index (χ0) is 15.8. The van der Waals surface area contributed by atoms with Crippen molar-refractivity contribution < 1.29 is 4.39 Å². The predicted molar refractivity (Wildman–Crippen MR) is 86.7 cm³/mol. The van der Waals surface area contributed by atoms with Crippen molar-refractivity contribution >= 4 is 22.8 Å². The molecule has 0 atom stereocenters. The Balaban J connectivity index is 1.97. The molecule has 0 bridgehead atoms. The Morgan fingerprint density at radius 1 is 1.17 bits per heavy atom. The van der Waals surface area contributed by atoms with E-state index in [0.717, 1.165) is 23.0 Å². The van der Waals surface area contributed by atoms with Gasteiger partial charge in [-0.25, -0.2) is 9.37 Å². The number of fused-ring (bicyclic) bond motifs is 1. The number of imidazole rings is 1. The maximum Gasteiger partial charge on any atom is 0.163 e. The number of hydrogen-bond donors (Lipinski definition) is 0. The summed E-state index contributed by atoms with van der Waals surface area (Å²) in [4.78, 5) is 8.70. The number of halogens is 1. The van der Waals surface area contributed by atoms with Gasteiger partial charge in [0.2, 0.25) is 0 Å². The van der Waals surface area contributed by atoms with Crippen molar-refractivity contribution in [3.8, 4) is 11.5 Å². The Hall–Kier alpha value is -2.67. The maximum atomic E-state index is 14.4. The van der Waals surface area contributed by atoms with Crippen molar-refractivity contribution in [2.24, 2.45) is 0 Å². The van der Waals surface area contributed by atoms with E-state index in [9.17, 15) is 4.39 Å². The van der Waals surface area contributed by atoms with E-state index in [1.165, 1.54) is 6.07 Å². The molecule has 0 radical (unpaired) electrons. The third-order valence-corrected chi connectivity index (χ3v) is 4.27. The average Bonchev–Trinajstić information content (AvgIpc) is 3.13. The molecule has 0 aliphatic heterocycles. The highest BCUT2D eigenvalue weighted by atomic mass is 32.1. The minimum atomic E-state index is -0.300. The molecule has 0 unspecified atom stereocenters. The number of aromatic nitrogens is 5. The summed E-state index contributed by atoms with van der Waals surface area (Å²) in [5.41, 5.74) is 3.53. The van der Waals surface area contributed by atoms with E-state index < -0.39 is 0 Å². The van der Waals surface area contributed by atoms with Gasteiger partial charge in [-0.15, -0.1) is 0 Å². The molecule has 7 heteroatoms. The first kappa shape index (κ1) is 14.0. The van der Waals surface area contributed by atoms with Crippen molar-refractivity contribution in [1.29, 1.82) is 0 Å². The van der Waals surface area contributed by atoms with Gasteiger partial charge in [-0.3, -0.25) is 4.98 Å². The molecule has 3 heterocycles. The molecule has 0 aliphatic carbocycles. The summed E-state index contributed by atoms with van der Waals surface area (Å²) < 4.78 is 24.8. The summed E-state index contributed by atoms with van der Waals surface area (Å²) in [6, 6.07) is 8.72. The van der Waals surface area contributed by atoms with Gasteiger partial charge in [-0.05, 0) is 30.7 Å². The topological polar surface area (TPSA) is 56.5 Å². The van der Waals surface area contributed by atoms with Crippen LogP contribution in [0.4, 0.5) is 4.39 Å². The maximum absolute atomic E-state index is 14.4. The van der Waals surface area contributed by atoms with Crippen molar-refractivity contribution in [3.05, 3.63) is 59.8 Å². The van der Waals surface area contributed by atoms with Gasteiger partial charge in [0.05, 0.1) is 29.5 Å². The minimum Gasteiger partial charge on any atom is -0.316 e. The second-order valence-electron chi connectivity index (χ2n) is 5.19. The molecule has 114 valence electrons. The van der Waals surface area contributed by atoms with Crippen molar-refractivity contribution in [1.82, 2.24) is 23.3 Å². The molecule has 0 N–H and O–H groups in total. The molecule has 4 aromatic rings. The lowest BCUT2D eigenvalue weighted by Gasteiger charge is -2.08. The molecule has 0 fully saturated rings. The third-order valence-electron chi connectivity index (χ3n) is 3.65. The van der Waals surface area contributed by atoms with Gasteiger partial charge >= 0.3 is 0 Å². The largest absolute Gasteiger partial charge is 0.316 e. The molecule has 23 heavy (non-hydrogen) atoms. The van der Waals surface area contributed by atoms with E-state index in [1.54, 1.807) is 24.5 Å². The lowest BCUT2D eigenvalue weighted by atomic mass is 10.2. The monoisotopic (exact) mass is 325 g/mol. The predicted octanol–water partition coefficient (Wildman–Crippen LogP) is 3.45. The quantitative estimate of drug-likeness (QED) is 0.579. The van der Waals surface area contributed by atoms with Crippen LogP contribution in [0.15, 0.2) is 42.7 Å². The number of aryl methyl sites for hydroxylation is 1. The summed E-state index contributed by atoms with van der Waals surface area (Å²) in [6.45, 7) is 2.35. The highest BCUT2D eigenvalue weighted by Gasteiger charge is 2.19. The van der Waals surface area contributed by atoms with Crippen LogP contribution in [0.25, 0.3) is 22.6 Å². The number of para-hydroxylation sites is 1. The fraction of sp³-hybridized carbons (Fsp3) is 0.125. The molecule has 0 aliphatic rings. The molecule has 3 aromatic heterocycles. The van der Waals surface area contributed by atoms with Gasteiger partial charge in [0.1, 0.15) is 17.0 Å². The van der Waals surface area contributed by atoms with Crippen molar-refractivity contribution in [3.63, 3.8) is 0 Å². The molecular formula is C16H12FN5S. The second-order valence-corrected chi connectivity index (χ2v) is 5.72. The number of pyridine rings is 1. The number of hydrogen-bond acceptors (Lipinski definition) is 5. The van der Waals surface area contributed by atoms with Crippen LogP contribution in [-0.4, -0.2) is 23.3 Å². The summed E-state index contributed by atoms with van der Waals surface area (Å²) in [5.74, 6) is 0.325. The molecular weight excluding hydrogens is 313 g/mol. The molecule has 0 saturated heterocycles. The van der Waals surface area contributed by atoms with Gasteiger partial charge in [-0.1, -0.05) is 12.1 Å². The van der Waals surface area contributed by atoms with Crippen molar-refractivity contribution in [2.75, 3.05) is 0 Å². The van der Waals surface area contributed by atoms with E-state index in [1.807, 2.05) is 23.6 Å². The second kappa shape index (κ2) is 5.51. The molecule has 0 amide bonds. The molecule has 4 rings (SSSR count). The summed E-state index contributed by atoms with van der Waals surface area (Å²) in [7, 11) is 0. The van der Waals surface area contributed by atoms with Crippen LogP contribution in [0, 0.1) is 12.7 Å². The fourth-order valence-electron chi connectivity index (χ4n) is 2.59. The lowest BCUT2D eigenvalue weighted by molar-refractivity contribution is 0.629. The van der Waals surface area contributed by atoms with E-state index in [2.05, 4.69) is 18.7 Å². The van der Waals surface area contributed by atoms with Gasteiger partial charge < -0.3 is 4.57 Å². The van der Waals surface area contributed by atoms with Gasteiger partial charge in [0.15, 0.2) is 5.82 Å². The lowest BCUT2D eigenvalue weighted by Crippen LogP contribution is -2.04. The van der Waals surface area contributed by atoms with Crippen LogP contribution in [-0.2, 0) is 6.54 Å². The number of nitrogens with zero attached hydrogens (tertiary/aromatic N) is 5. The third kappa shape index (κ3) is 2.39. The smallest absolute Gasteiger partial charge is 0.163 e. The Morgan fingerprint density at radius 3 is 2.83 bits per heavy atom. The highest BCUT2D eigenvalue weighted by Crippen LogP contribution is 2.28. The van der Waals surface area contributed by atoms with Crippen LogP contribution < -0.4 is 0 Å². The van der Waals surface area contributed by atoms with Gasteiger partial charge in [-0.2, -0.15) is 8.75 Å². The summed E-state index contributed by atoms with van der Waals surface area (Å²) in [5, 5.41) is 0. The van der Waals surface area contributed by atoms with Crippen molar-refractivity contribution in [2.45, 2.75) is 13.5 Å². The minimum absolute atomic E-state index is 0.300. The zero-order valence-corrected chi connectivity index (χ0v) is 13.1. The summed E-state index contributed by atoms with van der Waals surface area (Å²) in [6.07, 6.45) is 3.48. The normalized spacial score (nSPS) is 11.2. The fourth-order valence-corrected chi connectivity index (χ4v) is 3.13. The SMILES string of the molecule is Cc1nsnc1-c1nc2cccc(F)c2n1Cc1cccnc1. The van der Waals surface area contributed by atoms with Gasteiger partial charge in [0.25, 0.3) is 0 Å². The van der Waals surface area contributed by atoms with Crippen LogP contribution in [0.2, 0.25) is 0 Å². The van der Waals surface area contributed by atoms with E-state index >= 15 is 0 Å². The van der Waals surface area contributed by atoms with E-state index in [0.29, 0.717) is 29.1 Å². The Bertz CT molecular complexity index is 977. The average molecular weight is 325 g/mol. The summed E-state index contributed by atoms with van der Waals surface area (Å²) >= 11 is 1.13. The molecule has 5 nitrogen and oxygen atoms in total. The number of benzene rings is 1. The highest BCUT2D eigenvalue weighted by molar-refractivity contribution is 6.99. The van der Waals surface area contributed by atoms with E-state index in [-0.39, 0.29) is 5.82 Å². The Labute approximate surface area is 135 Å².